The van der Waals surface area contributed by atoms with Crippen LogP contribution in [0.5, 0.6) is 11.5 Å². The summed E-state index contributed by atoms with van der Waals surface area (Å²) in [5.41, 5.74) is 0.638. The zero-order valence-electron chi connectivity index (χ0n) is 17.2. The standard InChI is InChI=1S/C24H27ClO5/c1-2-3-4-5-6-7-8-9-22(26)29-20-16-12-19(13-17-20)24(28)30-21-14-10-18(11-15-21)23(25)27/h10-17H,2-9H2,1H3. The van der Waals surface area contributed by atoms with Crippen molar-refractivity contribution in [2.75, 3.05) is 0 Å². The van der Waals surface area contributed by atoms with E-state index in [1.807, 2.05) is 0 Å². The molecular weight excluding hydrogens is 404 g/mol. The highest BCUT2D eigenvalue weighted by Crippen LogP contribution is 2.18. The van der Waals surface area contributed by atoms with Crippen molar-refractivity contribution in [2.24, 2.45) is 0 Å². The fraction of sp³-hybridized carbons (Fsp3) is 0.375. The van der Waals surface area contributed by atoms with Gasteiger partial charge >= 0.3 is 11.9 Å². The molecule has 0 unspecified atom stereocenters. The van der Waals surface area contributed by atoms with Gasteiger partial charge in [-0.25, -0.2) is 4.79 Å². The second-order valence-corrected chi connectivity index (χ2v) is 7.40. The van der Waals surface area contributed by atoms with E-state index in [0.29, 0.717) is 29.0 Å². The molecule has 0 N–H and O–H groups in total. The van der Waals surface area contributed by atoms with Crippen molar-refractivity contribution in [2.45, 2.75) is 58.3 Å². The number of hydrogen-bond donors (Lipinski definition) is 0. The molecule has 0 spiro atoms. The molecule has 0 fully saturated rings. The molecule has 0 saturated carbocycles. The van der Waals surface area contributed by atoms with Crippen LogP contribution in [-0.2, 0) is 4.79 Å². The van der Waals surface area contributed by atoms with Crippen LogP contribution in [0.2, 0.25) is 0 Å². The van der Waals surface area contributed by atoms with Gasteiger partial charge in [0.05, 0.1) is 5.56 Å². The van der Waals surface area contributed by atoms with Crippen LogP contribution in [0.15, 0.2) is 48.5 Å². The third-order valence-electron chi connectivity index (χ3n) is 4.60. The molecule has 30 heavy (non-hydrogen) atoms. The van der Waals surface area contributed by atoms with Crippen molar-refractivity contribution >= 4 is 28.8 Å². The molecule has 0 aliphatic heterocycles. The quantitative estimate of drug-likeness (QED) is 0.170. The molecule has 0 saturated heterocycles. The Bertz CT molecular complexity index is 828. The van der Waals surface area contributed by atoms with Crippen LogP contribution in [-0.4, -0.2) is 17.2 Å². The first-order valence-electron chi connectivity index (χ1n) is 10.3. The first-order valence-corrected chi connectivity index (χ1v) is 10.7. The van der Waals surface area contributed by atoms with Crippen molar-refractivity contribution in [3.8, 4) is 11.5 Å². The van der Waals surface area contributed by atoms with E-state index < -0.39 is 11.2 Å². The number of carbonyl (C=O) groups excluding carboxylic acids is 3. The van der Waals surface area contributed by atoms with E-state index in [0.717, 1.165) is 19.3 Å². The van der Waals surface area contributed by atoms with Crippen molar-refractivity contribution in [3.05, 3.63) is 59.7 Å². The molecule has 5 nitrogen and oxygen atoms in total. The van der Waals surface area contributed by atoms with Gasteiger partial charge in [-0.3, -0.25) is 9.59 Å². The van der Waals surface area contributed by atoms with E-state index in [4.69, 9.17) is 21.1 Å². The first kappa shape index (κ1) is 23.6. The van der Waals surface area contributed by atoms with Gasteiger partial charge in [0, 0.05) is 12.0 Å². The zero-order valence-corrected chi connectivity index (χ0v) is 18.0. The van der Waals surface area contributed by atoms with E-state index in [-0.39, 0.29) is 5.97 Å². The van der Waals surface area contributed by atoms with Gasteiger partial charge in [-0.15, -0.1) is 0 Å². The largest absolute Gasteiger partial charge is 0.427 e. The fourth-order valence-electron chi connectivity index (χ4n) is 2.89. The lowest BCUT2D eigenvalue weighted by atomic mass is 10.1. The van der Waals surface area contributed by atoms with Crippen LogP contribution in [0.25, 0.3) is 0 Å². The summed E-state index contributed by atoms with van der Waals surface area (Å²) in [5.74, 6) is -0.134. The summed E-state index contributed by atoms with van der Waals surface area (Å²) >= 11 is 5.38. The van der Waals surface area contributed by atoms with Crippen LogP contribution >= 0.6 is 11.6 Å². The number of ether oxygens (including phenoxy) is 2. The van der Waals surface area contributed by atoms with Gasteiger partial charge < -0.3 is 9.47 Å². The predicted octanol–water partition coefficient (Wildman–Crippen LogP) is 6.33. The van der Waals surface area contributed by atoms with Crippen molar-refractivity contribution < 1.29 is 23.9 Å². The van der Waals surface area contributed by atoms with Crippen LogP contribution in [0.4, 0.5) is 0 Å². The Hall–Kier alpha value is -2.66. The number of halogens is 1. The van der Waals surface area contributed by atoms with E-state index in [2.05, 4.69) is 6.92 Å². The van der Waals surface area contributed by atoms with Crippen molar-refractivity contribution in [1.29, 1.82) is 0 Å². The van der Waals surface area contributed by atoms with Crippen LogP contribution < -0.4 is 9.47 Å². The molecule has 160 valence electrons. The van der Waals surface area contributed by atoms with Crippen LogP contribution in [0, 0.1) is 0 Å². The SMILES string of the molecule is CCCCCCCCCC(=O)Oc1ccc(C(=O)Oc2ccc(C(=O)Cl)cc2)cc1. The Morgan fingerprint density at radius 1 is 0.700 bits per heavy atom. The van der Waals surface area contributed by atoms with E-state index in [1.54, 1.807) is 12.1 Å². The van der Waals surface area contributed by atoms with Gasteiger partial charge in [0.15, 0.2) is 0 Å². The fourth-order valence-corrected chi connectivity index (χ4v) is 3.01. The Labute approximate surface area is 182 Å². The summed E-state index contributed by atoms with van der Waals surface area (Å²) in [6.07, 6.45) is 8.36. The lowest BCUT2D eigenvalue weighted by molar-refractivity contribution is -0.134. The second-order valence-electron chi connectivity index (χ2n) is 7.06. The van der Waals surface area contributed by atoms with Gasteiger partial charge in [-0.1, -0.05) is 45.4 Å². The average Bonchev–Trinajstić information content (AvgIpc) is 2.74. The predicted molar refractivity (Wildman–Crippen MR) is 116 cm³/mol. The zero-order chi connectivity index (χ0) is 21.8. The molecule has 0 aliphatic rings. The first-order chi connectivity index (χ1) is 14.5. The van der Waals surface area contributed by atoms with E-state index >= 15 is 0 Å². The smallest absolute Gasteiger partial charge is 0.343 e. The molecule has 0 aromatic heterocycles. The van der Waals surface area contributed by atoms with Crippen molar-refractivity contribution in [3.63, 3.8) is 0 Å². The molecule has 0 amide bonds. The molecule has 0 heterocycles. The summed E-state index contributed by atoms with van der Waals surface area (Å²) < 4.78 is 10.6. The summed E-state index contributed by atoms with van der Waals surface area (Å²) in [4.78, 5) is 35.2. The maximum Gasteiger partial charge on any atom is 0.343 e. The highest BCUT2D eigenvalue weighted by Gasteiger charge is 2.11. The topological polar surface area (TPSA) is 69.7 Å². The number of benzene rings is 2. The van der Waals surface area contributed by atoms with Crippen molar-refractivity contribution in [1.82, 2.24) is 0 Å². The number of unbranched alkanes of at least 4 members (excludes halogenated alkanes) is 6. The summed E-state index contributed by atoms with van der Waals surface area (Å²) in [6.45, 7) is 2.19. The average molecular weight is 431 g/mol. The molecule has 2 rings (SSSR count). The minimum atomic E-state index is -0.579. The molecule has 6 heteroatoms. The lowest BCUT2D eigenvalue weighted by Crippen LogP contribution is -2.10. The number of esters is 2. The number of carbonyl (C=O) groups is 3. The molecule has 0 aliphatic carbocycles. The minimum absolute atomic E-state index is 0.271. The van der Waals surface area contributed by atoms with Crippen LogP contribution in [0.1, 0.15) is 79.0 Å². The van der Waals surface area contributed by atoms with Gasteiger partial charge in [-0.05, 0) is 66.6 Å². The van der Waals surface area contributed by atoms with Crippen LogP contribution in [0.3, 0.4) is 0 Å². The van der Waals surface area contributed by atoms with Gasteiger partial charge in [0.2, 0.25) is 0 Å². The number of rotatable bonds is 12. The monoisotopic (exact) mass is 430 g/mol. The molecule has 2 aromatic carbocycles. The lowest BCUT2D eigenvalue weighted by Gasteiger charge is -2.07. The molecule has 0 bridgehead atoms. The Balaban J connectivity index is 1.75. The molecule has 2 aromatic rings. The molecule has 0 radical (unpaired) electrons. The van der Waals surface area contributed by atoms with E-state index in [1.165, 1.54) is 62.1 Å². The van der Waals surface area contributed by atoms with Gasteiger partial charge in [0.25, 0.3) is 5.24 Å². The summed E-state index contributed by atoms with van der Waals surface area (Å²) in [6, 6.07) is 12.1. The minimum Gasteiger partial charge on any atom is -0.427 e. The maximum atomic E-state index is 12.2. The Morgan fingerprint density at radius 2 is 1.20 bits per heavy atom. The Morgan fingerprint density at radius 3 is 1.77 bits per heavy atom. The third kappa shape index (κ3) is 8.37. The second kappa shape index (κ2) is 12.8. The van der Waals surface area contributed by atoms with E-state index in [9.17, 15) is 14.4 Å². The molecular formula is C24H27ClO5. The normalized spacial score (nSPS) is 10.5. The highest BCUT2D eigenvalue weighted by atomic mass is 35.5. The van der Waals surface area contributed by atoms with Gasteiger partial charge in [0.1, 0.15) is 11.5 Å². The Kier molecular flexibility index (Phi) is 10.1. The summed E-state index contributed by atoms with van der Waals surface area (Å²) in [7, 11) is 0. The highest BCUT2D eigenvalue weighted by molar-refractivity contribution is 6.67. The molecule has 0 atom stereocenters. The van der Waals surface area contributed by atoms with Gasteiger partial charge in [-0.2, -0.15) is 0 Å². The summed E-state index contributed by atoms with van der Waals surface area (Å²) in [5, 5.41) is -0.579. The third-order valence-corrected chi connectivity index (χ3v) is 4.82. The maximum absolute atomic E-state index is 12.2. The number of hydrogen-bond acceptors (Lipinski definition) is 5.